The van der Waals surface area contributed by atoms with Crippen LogP contribution >= 0.6 is 0 Å². The molecule has 0 saturated carbocycles. The average Bonchev–Trinajstić information content (AvgIpc) is 3.11. The van der Waals surface area contributed by atoms with Crippen molar-refractivity contribution < 1.29 is 23.1 Å². The van der Waals surface area contributed by atoms with E-state index >= 15 is 0 Å². The van der Waals surface area contributed by atoms with Gasteiger partial charge in [-0.1, -0.05) is 0 Å². The van der Waals surface area contributed by atoms with E-state index in [4.69, 9.17) is 5.11 Å². The molecule has 11 heteroatoms. The van der Waals surface area contributed by atoms with Gasteiger partial charge in [-0.25, -0.2) is 14.8 Å². The topological polar surface area (TPSA) is 96.5 Å². The van der Waals surface area contributed by atoms with Crippen LogP contribution in [0.1, 0.15) is 40.6 Å². The minimum atomic E-state index is -4.45. The van der Waals surface area contributed by atoms with Crippen molar-refractivity contribution in [3.05, 3.63) is 47.8 Å². The number of aromatic nitrogens is 5. The molecule has 3 aromatic heterocycles. The van der Waals surface area contributed by atoms with Crippen LogP contribution in [0.5, 0.6) is 0 Å². The predicted molar refractivity (Wildman–Crippen MR) is 91.2 cm³/mol. The lowest BCUT2D eigenvalue weighted by molar-refractivity contribution is -0.137. The molecule has 146 valence electrons. The Hall–Kier alpha value is -3.24. The zero-order valence-electron chi connectivity index (χ0n) is 14.5. The number of piperidine rings is 1. The minimum absolute atomic E-state index is 0.145. The summed E-state index contributed by atoms with van der Waals surface area (Å²) < 4.78 is 40.5. The maximum atomic E-state index is 13.0. The summed E-state index contributed by atoms with van der Waals surface area (Å²) in [6.07, 6.45) is 0.662. The summed E-state index contributed by atoms with van der Waals surface area (Å²) in [5.41, 5.74) is -0.560. The number of carbonyl (C=O) groups is 1. The Morgan fingerprint density at radius 2 is 2.00 bits per heavy atom. The molecule has 8 nitrogen and oxygen atoms in total. The number of aromatic carboxylic acids is 1. The highest BCUT2D eigenvalue weighted by Gasteiger charge is 2.32. The number of alkyl halides is 3. The molecule has 1 N–H and O–H groups in total. The van der Waals surface area contributed by atoms with Crippen LogP contribution in [0.3, 0.4) is 0 Å². The molecule has 1 unspecified atom stereocenters. The van der Waals surface area contributed by atoms with E-state index in [9.17, 15) is 18.0 Å². The number of hydrogen-bond donors (Lipinski definition) is 1. The summed E-state index contributed by atoms with van der Waals surface area (Å²) >= 11 is 0. The summed E-state index contributed by atoms with van der Waals surface area (Å²) in [6, 6.07) is 2.29. The van der Waals surface area contributed by atoms with Crippen molar-refractivity contribution >= 4 is 17.4 Å². The number of pyridine rings is 1. The van der Waals surface area contributed by atoms with Crippen LogP contribution in [0.4, 0.5) is 19.0 Å². The van der Waals surface area contributed by atoms with Crippen molar-refractivity contribution in [3.63, 3.8) is 0 Å². The van der Waals surface area contributed by atoms with Gasteiger partial charge < -0.3 is 10.0 Å². The van der Waals surface area contributed by atoms with E-state index in [2.05, 4.69) is 20.2 Å². The Morgan fingerprint density at radius 3 is 2.68 bits per heavy atom. The van der Waals surface area contributed by atoms with E-state index in [-0.39, 0.29) is 11.6 Å². The first-order valence-electron chi connectivity index (χ1n) is 8.55. The summed E-state index contributed by atoms with van der Waals surface area (Å²) in [5.74, 6) is -0.334. The summed E-state index contributed by atoms with van der Waals surface area (Å²) in [6.45, 7) is 1.15. The molecule has 0 spiro atoms. The number of fused-ring (bicyclic) bond motifs is 1. The fourth-order valence-corrected chi connectivity index (χ4v) is 3.35. The van der Waals surface area contributed by atoms with Crippen LogP contribution in [0.15, 0.2) is 30.7 Å². The normalized spacial score (nSPS) is 17.8. The van der Waals surface area contributed by atoms with Gasteiger partial charge in [-0.2, -0.15) is 13.2 Å². The maximum absolute atomic E-state index is 13.0. The fourth-order valence-electron chi connectivity index (χ4n) is 3.35. The van der Waals surface area contributed by atoms with Gasteiger partial charge in [0.2, 0.25) is 0 Å². The molecular weight excluding hydrogens is 377 g/mol. The highest BCUT2D eigenvalue weighted by molar-refractivity contribution is 5.84. The molecule has 1 fully saturated rings. The van der Waals surface area contributed by atoms with E-state index in [0.717, 1.165) is 25.1 Å². The predicted octanol–water partition coefficient (Wildman–Crippen LogP) is 2.62. The van der Waals surface area contributed by atoms with Crippen molar-refractivity contribution in [2.45, 2.75) is 24.9 Å². The van der Waals surface area contributed by atoms with Crippen molar-refractivity contribution in [3.8, 4) is 0 Å². The van der Waals surface area contributed by atoms with Gasteiger partial charge in [0.1, 0.15) is 11.6 Å². The second kappa shape index (κ2) is 6.73. The molecule has 1 aliphatic heterocycles. The van der Waals surface area contributed by atoms with Crippen LogP contribution in [-0.2, 0) is 6.18 Å². The Balaban J connectivity index is 1.61. The molecule has 0 radical (unpaired) electrons. The van der Waals surface area contributed by atoms with Gasteiger partial charge in [-0.3, -0.25) is 4.40 Å². The number of carboxylic acids is 1. The highest BCUT2D eigenvalue weighted by Crippen LogP contribution is 2.32. The van der Waals surface area contributed by atoms with Crippen molar-refractivity contribution in [1.29, 1.82) is 0 Å². The molecular formula is C17H15F3N6O2. The quantitative estimate of drug-likeness (QED) is 0.732. The lowest BCUT2D eigenvalue weighted by Crippen LogP contribution is -2.35. The average molecular weight is 392 g/mol. The van der Waals surface area contributed by atoms with Crippen LogP contribution in [-0.4, -0.2) is 48.7 Å². The Bertz CT molecular complexity index is 1020. The van der Waals surface area contributed by atoms with Gasteiger partial charge in [0.25, 0.3) is 0 Å². The second-order valence-electron chi connectivity index (χ2n) is 6.55. The second-order valence-corrected chi connectivity index (χ2v) is 6.55. The Morgan fingerprint density at radius 1 is 1.18 bits per heavy atom. The lowest BCUT2D eigenvalue weighted by atomic mass is 9.97. The van der Waals surface area contributed by atoms with E-state index in [1.807, 2.05) is 4.90 Å². The molecule has 28 heavy (non-hydrogen) atoms. The number of anilines is 1. The standard InChI is InChI=1S/C17H15F3N6O2/c18-17(19,20)11-3-4-13-23-24-15(26(13)9-11)10-2-1-5-25(8-10)14-7-21-12(6-22-14)16(27)28/h3-4,6-7,9-10H,1-2,5,8H2,(H,27,28). The molecule has 4 heterocycles. The Labute approximate surface area is 156 Å². The summed E-state index contributed by atoms with van der Waals surface area (Å²) in [4.78, 5) is 20.8. The third-order valence-electron chi connectivity index (χ3n) is 4.72. The van der Waals surface area contributed by atoms with Crippen LogP contribution < -0.4 is 4.90 Å². The molecule has 1 atom stereocenters. The van der Waals surface area contributed by atoms with Crippen LogP contribution in [0, 0.1) is 0 Å². The monoisotopic (exact) mass is 392 g/mol. The van der Waals surface area contributed by atoms with Gasteiger partial charge in [-0.05, 0) is 25.0 Å². The minimum Gasteiger partial charge on any atom is -0.476 e. The smallest absolute Gasteiger partial charge is 0.417 e. The van der Waals surface area contributed by atoms with Crippen molar-refractivity contribution in [2.24, 2.45) is 0 Å². The first-order chi connectivity index (χ1) is 13.3. The summed E-state index contributed by atoms with van der Waals surface area (Å²) in [5, 5.41) is 17.0. The number of carboxylic acid groups (broad SMARTS) is 1. The van der Waals surface area contributed by atoms with Crippen LogP contribution in [0.2, 0.25) is 0 Å². The summed E-state index contributed by atoms with van der Waals surface area (Å²) in [7, 11) is 0. The Kier molecular flexibility index (Phi) is 4.36. The molecule has 3 aromatic rings. The maximum Gasteiger partial charge on any atom is 0.417 e. The van der Waals surface area contributed by atoms with Gasteiger partial charge in [0.05, 0.1) is 18.0 Å². The van der Waals surface area contributed by atoms with Gasteiger partial charge in [0.15, 0.2) is 11.3 Å². The number of nitrogens with zero attached hydrogens (tertiary/aromatic N) is 6. The van der Waals surface area contributed by atoms with Crippen molar-refractivity contribution in [1.82, 2.24) is 24.6 Å². The molecule has 0 amide bonds. The zero-order valence-corrected chi connectivity index (χ0v) is 14.5. The number of rotatable bonds is 3. The zero-order chi connectivity index (χ0) is 19.9. The van der Waals surface area contributed by atoms with Gasteiger partial charge in [0, 0.05) is 25.2 Å². The molecule has 0 bridgehead atoms. The third-order valence-corrected chi connectivity index (χ3v) is 4.72. The number of halogens is 3. The van der Waals surface area contributed by atoms with E-state index in [1.54, 1.807) is 0 Å². The van der Waals surface area contributed by atoms with Crippen molar-refractivity contribution in [2.75, 3.05) is 18.0 Å². The lowest BCUT2D eigenvalue weighted by Gasteiger charge is -2.32. The van der Waals surface area contributed by atoms with Gasteiger partial charge >= 0.3 is 12.1 Å². The highest BCUT2D eigenvalue weighted by atomic mass is 19.4. The fraction of sp³-hybridized carbons (Fsp3) is 0.353. The first-order valence-corrected chi connectivity index (χ1v) is 8.55. The molecule has 1 saturated heterocycles. The third kappa shape index (κ3) is 3.35. The largest absolute Gasteiger partial charge is 0.476 e. The first kappa shape index (κ1) is 18.1. The van der Waals surface area contributed by atoms with Gasteiger partial charge in [-0.15, -0.1) is 10.2 Å². The molecule has 1 aliphatic rings. The molecule has 4 rings (SSSR count). The molecule has 0 aromatic carbocycles. The van der Waals surface area contributed by atoms with E-state index in [0.29, 0.717) is 30.4 Å². The van der Waals surface area contributed by atoms with Crippen LogP contribution in [0.25, 0.3) is 5.65 Å². The molecule has 0 aliphatic carbocycles. The number of hydrogen-bond acceptors (Lipinski definition) is 6. The van der Waals surface area contributed by atoms with E-state index in [1.165, 1.54) is 22.9 Å². The SMILES string of the molecule is O=C(O)c1cnc(N2CCCC(c3nnc4ccc(C(F)(F)F)cn34)C2)cn1. The van der Waals surface area contributed by atoms with E-state index < -0.39 is 17.7 Å².